The van der Waals surface area contributed by atoms with E-state index >= 15 is 0 Å². The molecule has 9 nitrogen and oxygen atoms in total. The summed E-state index contributed by atoms with van der Waals surface area (Å²) in [4.78, 5) is 4.59. The maximum absolute atomic E-state index is 6.39. The molecule has 40 heavy (non-hydrogen) atoms. The molecule has 3 heterocycles. The van der Waals surface area contributed by atoms with Gasteiger partial charge in [-0.15, -0.1) is 29.8 Å². The lowest BCUT2D eigenvalue weighted by atomic mass is 9.91. The second-order valence-electron chi connectivity index (χ2n) is 14.8. The van der Waals surface area contributed by atoms with Gasteiger partial charge >= 0.3 is 7.32 Å². The first-order chi connectivity index (χ1) is 18.2. The third-order valence-electron chi connectivity index (χ3n) is 6.75. The lowest BCUT2D eigenvalue weighted by Crippen LogP contribution is -2.50. The van der Waals surface area contributed by atoms with Crippen LogP contribution in [0.2, 0.25) is 0 Å². The highest BCUT2D eigenvalue weighted by atomic mass is 16.9. The van der Waals surface area contributed by atoms with Crippen molar-refractivity contribution in [2.24, 2.45) is 0 Å². The van der Waals surface area contributed by atoms with E-state index in [0.717, 1.165) is 34.2 Å². The van der Waals surface area contributed by atoms with Crippen LogP contribution in [0.25, 0.3) is 0 Å². The monoisotopic (exact) mass is 554 g/mol. The van der Waals surface area contributed by atoms with Crippen LogP contribution in [-0.2, 0) is 16.2 Å². The van der Waals surface area contributed by atoms with Crippen molar-refractivity contribution in [3.63, 3.8) is 0 Å². The smallest absolute Gasteiger partial charge is 0.380 e. The van der Waals surface area contributed by atoms with Crippen LogP contribution in [0.3, 0.4) is 0 Å². The van der Waals surface area contributed by atoms with Gasteiger partial charge in [0.15, 0.2) is 0 Å². The molecular formula is C30H51BN6O3. The molecule has 0 aliphatic heterocycles. The van der Waals surface area contributed by atoms with Crippen LogP contribution >= 0.6 is 0 Å². The molecule has 0 saturated carbocycles. The minimum Gasteiger partial charge on any atom is -0.380 e. The van der Waals surface area contributed by atoms with Crippen molar-refractivity contribution in [3.8, 4) is 0 Å². The number of hydrogen-bond acceptors (Lipinski definition) is 6. The summed E-state index contributed by atoms with van der Waals surface area (Å²) in [6.45, 7) is 31.9. The van der Waals surface area contributed by atoms with E-state index in [2.05, 4.69) is 122 Å². The van der Waals surface area contributed by atoms with E-state index in [1.807, 2.05) is 0 Å². The normalized spacial score (nSPS) is 13.1. The van der Waals surface area contributed by atoms with Gasteiger partial charge in [-0.25, -0.2) is 0 Å². The first kappa shape index (κ1) is 31.6. The number of hydrogen-bond donors (Lipinski definition) is 0. The SMILES string of the molecule is CC(C)c1cc(C(C)(C)C)nn1OB(On1nc(C(C)(C)C)cc1C(C)C)On1nc(C(C)(C)C)cc1C(C)C. The molecule has 0 radical (unpaired) electrons. The Labute approximate surface area is 241 Å². The molecule has 0 spiro atoms. The Hall–Kier alpha value is -2.91. The first-order valence-corrected chi connectivity index (χ1v) is 14.5. The zero-order valence-corrected chi connectivity index (χ0v) is 27.4. The van der Waals surface area contributed by atoms with E-state index in [1.165, 1.54) is 14.5 Å². The van der Waals surface area contributed by atoms with E-state index in [0.29, 0.717) is 0 Å². The molecule has 0 aliphatic carbocycles. The van der Waals surface area contributed by atoms with Crippen LogP contribution in [0.15, 0.2) is 18.2 Å². The van der Waals surface area contributed by atoms with Crippen LogP contribution in [0.5, 0.6) is 0 Å². The van der Waals surface area contributed by atoms with Crippen LogP contribution in [-0.4, -0.2) is 37.2 Å². The summed E-state index contributed by atoms with van der Waals surface area (Å²) in [5, 5.41) is 14.4. The molecule has 222 valence electrons. The minimum absolute atomic E-state index is 0.154. The molecular weight excluding hydrogens is 503 g/mol. The molecule has 0 N–H and O–H groups in total. The van der Waals surface area contributed by atoms with Crippen LogP contribution in [0, 0.1) is 0 Å². The molecule has 3 rings (SSSR count). The van der Waals surface area contributed by atoms with E-state index in [9.17, 15) is 0 Å². The highest BCUT2D eigenvalue weighted by Gasteiger charge is 2.39. The van der Waals surface area contributed by atoms with Gasteiger partial charge in [-0.2, -0.15) is 0 Å². The Balaban J connectivity index is 2.12. The minimum atomic E-state index is -1.24. The lowest BCUT2D eigenvalue weighted by Gasteiger charge is -2.20. The summed E-state index contributed by atoms with van der Waals surface area (Å²) in [6.07, 6.45) is 0. The van der Waals surface area contributed by atoms with E-state index in [-0.39, 0.29) is 34.0 Å². The van der Waals surface area contributed by atoms with E-state index in [4.69, 9.17) is 29.6 Å². The number of aromatic nitrogens is 6. The summed E-state index contributed by atoms with van der Waals surface area (Å²) in [7, 11) is -1.24. The molecule has 0 amide bonds. The highest BCUT2D eigenvalue weighted by Crippen LogP contribution is 2.27. The molecule has 0 aliphatic rings. The van der Waals surface area contributed by atoms with Gasteiger partial charge in [0.05, 0.1) is 34.2 Å². The van der Waals surface area contributed by atoms with Crippen LogP contribution in [0.4, 0.5) is 0 Å². The maximum atomic E-state index is 6.39. The van der Waals surface area contributed by atoms with Gasteiger partial charge in [0.1, 0.15) is 0 Å². The zero-order valence-electron chi connectivity index (χ0n) is 27.4. The molecule has 0 fully saturated rings. The van der Waals surface area contributed by atoms with Gasteiger partial charge in [0.2, 0.25) is 0 Å². The molecule has 0 unspecified atom stereocenters. The lowest BCUT2D eigenvalue weighted by molar-refractivity contribution is 0.0310. The van der Waals surface area contributed by atoms with Crippen molar-refractivity contribution in [2.45, 2.75) is 138 Å². The van der Waals surface area contributed by atoms with Crippen LogP contribution < -0.4 is 14.3 Å². The van der Waals surface area contributed by atoms with Crippen LogP contribution in [0.1, 0.15) is 156 Å². The summed E-state index contributed by atoms with van der Waals surface area (Å²) in [6, 6.07) is 6.24. The summed E-state index contributed by atoms with van der Waals surface area (Å²) in [5.41, 5.74) is 5.05. The fourth-order valence-corrected chi connectivity index (χ4v) is 3.96. The van der Waals surface area contributed by atoms with Gasteiger partial charge in [-0.1, -0.05) is 104 Å². The Kier molecular flexibility index (Phi) is 8.83. The van der Waals surface area contributed by atoms with Crippen molar-refractivity contribution in [3.05, 3.63) is 52.4 Å². The summed E-state index contributed by atoms with van der Waals surface area (Å²) >= 11 is 0. The van der Waals surface area contributed by atoms with Gasteiger partial charge in [0.25, 0.3) is 0 Å². The van der Waals surface area contributed by atoms with Crippen molar-refractivity contribution >= 4 is 7.32 Å². The van der Waals surface area contributed by atoms with E-state index < -0.39 is 7.32 Å². The van der Waals surface area contributed by atoms with Crippen molar-refractivity contribution in [1.82, 2.24) is 29.8 Å². The molecule has 0 aromatic carbocycles. The summed E-state index contributed by atoms with van der Waals surface area (Å²) < 4.78 is 19.2. The van der Waals surface area contributed by atoms with Gasteiger partial charge in [0, 0.05) is 16.2 Å². The Morgan fingerprint density at radius 1 is 0.500 bits per heavy atom. The second-order valence-corrected chi connectivity index (χ2v) is 14.8. The molecule has 3 aromatic rings. The van der Waals surface area contributed by atoms with Gasteiger partial charge in [-0.3, -0.25) is 0 Å². The average Bonchev–Trinajstić information content (AvgIpc) is 3.49. The largest absolute Gasteiger partial charge is 0.929 e. The molecule has 0 saturated heterocycles. The van der Waals surface area contributed by atoms with Crippen molar-refractivity contribution < 1.29 is 14.3 Å². The third-order valence-corrected chi connectivity index (χ3v) is 6.75. The molecule has 3 aromatic heterocycles. The van der Waals surface area contributed by atoms with Crippen molar-refractivity contribution in [2.75, 3.05) is 0 Å². The molecule has 0 atom stereocenters. The summed E-state index contributed by atoms with van der Waals surface area (Å²) in [5.74, 6) is 0.489. The quantitative estimate of drug-likeness (QED) is 0.293. The highest BCUT2D eigenvalue weighted by molar-refractivity contribution is 6.37. The number of nitrogens with zero attached hydrogens (tertiary/aromatic N) is 6. The molecule has 10 heteroatoms. The average molecular weight is 555 g/mol. The first-order valence-electron chi connectivity index (χ1n) is 14.5. The number of rotatable bonds is 9. The predicted molar refractivity (Wildman–Crippen MR) is 161 cm³/mol. The zero-order chi connectivity index (χ0) is 30.4. The van der Waals surface area contributed by atoms with E-state index in [1.54, 1.807) is 0 Å². The Bertz CT molecular complexity index is 1120. The van der Waals surface area contributed by atoms with Gasteiger partial charge < -0.3 is 14.3 Å². The van der Waals surface area contributed by atoms with Crippen molar-refractivity contribution in [1.29, 1.82) is 0 Å². The molecule has 0 bridgehead atoms. The Morgan fingerprint density at radius 2 is 0.725 bits per heavy atom. The van der Waals surface area contributed by atoms with Gasteiger partial charge in [-0.05, 0) is 36.0 Å². The fourth-order valence-electron chi connectivity index (χ4n) is 3.96. The Morgan fingerprint density at radius 3 is 0.900 bits per heavy atom. The topological polar surface area (TPSA) is 81.1 Å². The third kappa shape index (κ3) is 7.23. The predicted octanol–water partition coefficient (Wildman–Crippen LogP) is 6.21. The fraction of sp³-hybridized carbons (Fsp3) is 0.700. The second kappa shape index (κ2) is 11.2. The standard InChI is InChI=1S/C30H51BN6O3/c1-19(2)22-16-25(28(7,8)9)32-35(22)38-31(39-36-23(20(3)4)17-26(33-36)29(10,11)12)40-37-24(21(5)6)18-27(34-37)30(13,14)15/h16-21H,1-15H3. The maximum Gasteiger partial charge on any atom is 0.929 e.